The van der Waals surface area contributed by atoms with Crippen LogP contribution in [-0.4, -0.2) is 48.5 Å². The van der Waals surface area contributed by atoms with E-state index in [4.69, 9.17) is 9.84 Å². The van der Waals surface area contributed by atoms with Crippen LogP contribution < -0.4 is 11.2 Å². The molecule has 1 saturated heterocycles. The van der Waals surface area contributed by atoms with Gasteiger partial charge >= 0.3 is 5.69 Å². The average molecular weight is 268 g/mol. The normalized spacial score (nSPS) is 27.2. The van der Waals surface area contributed by atoms with Crippen molar-refractivity contribution in [2.45, 2.75) is 24.9 Å². The number of ether oxygens (including phenoxy) is 1. The van der Waals surface area contributed by atoms with Crippen molar-refractivity contribution < 1.29 is 14.9 Å². The fourth-order valence-corrected chi connectivity index (χ4v) is 2.22. The molecule has 0 radical (unpaired) electrons. The highest BCUT2D eigenvalue weighted by molar-refractivity contribution is 5.68. The van der Waals surface area contributed by atoms with Crippen LogP contribution in [0.5, 0.6) is 0 Å². The predicted molar refractivity (Wildman–Crippen MR) is 62.6 cm³/mol. The van der Waals surface area contributed by atoms with Gasteiger partial charge in [-0.15, -0.1) is 0 Å². The molecule has 2 aromatic rings. The molecule has 0 bridgehead atoms. The molecule has 1 aliphatic rings. The van der Waals surface area contributed by atoms with E-state index in [0.29, 0.717) is 0 Å². The van der Waals surface area contributed by atoms with Crippen molar-refractivity contribution >= 4 is 11.2 Å². The zero-order valence-electron chi connectivity index (χ0n) is 9.74. The Morgan fingerprint density at radius 2 is 2.26 bits per heavy atom. The lowest BCUT2D eigenvalue weighted by Crippen LogP contribution is -2.24. The SMILES string of the molecule is O=c1[nH]c(=O)c2ncn([C@H]3C[C@@H](O)[C@H](CO)O3)c2[nH]1. The first-order valence-corrected chi connectivity index (χ1v) is 5.73. The second-order valence-electron chi connectivity index (χ2n) is 4.37. The fraction of sp³-hybridized carbons (Fsp3) is 0.500. The molecule has 9 nitrogen and oxygen atoms in total. The third-order valence-electron chi connectivity index (χ3n) is 3.16. The second-order valence-corrected chi connectivity index (χ2v) is 4.37. The first kappa shape index (κ1) is 12.1. The molecule has 0 saturated carbocycles. The average Bonchev–Trinajstić information content (AvgIpc) is 2.92. The van der Waals surface area contributed by atoms with Crippen LogP contribution in [0.3, 0.4) is 0 Å². The summed E-state index contributed by atoms with van der Waals surface area (Å²) in [5, 5.41) is 18.7. The molecule has 0 aliphatic carbocycles. The number of H-pyrrole nitrogens is 2. The highest BCUT2D eigenvalue weighted by atomic mass is 16.5. The third-order valence-corrected chi connectivity index (χ3v) is 3.16. The maximum absolute atomic E-state index is 11.5. The first-order chi connectivity index (χ1) is 9.10. The Bertz CT molecular complexity index is 717. The van der Waals surface area contributed by atoms with Crippen LogP contribution in [-0.2, 0) is 4.74 Å². The van der Waals surface area contributed by atoms with E-state index in [0.717, 1.165) is 0 Å². The molecule has 0 spiro atoms. The van der Waals surface area contributed by atoms with Gasteiger partial charge < -0.3 is 14.9 Å². The maximum atomic E-state index is 11.5. The molecule has 9 heteroatoms. The van der Waals surface area contributed by atoms with Crippen LogP contribution >= 0.6 is 0 Å². The monoisotopic (exact) mass is 268 g/mol. The quantitative estimate of drug-likeness (QED) is 0.500. The van der Waals surface area contributed by atoms with Crippen LogP contribution in [0.2, 0.25) is 0 Å². The summed E-state index contributed by atoms with van der Waals surface area (Å²) >= 11 is 0. The van der Waals surface area contributed by atoms with Crippen molar-refractivity contribution in [3.63, 3.8) is 0 Å². The third kappa shape index (κ3) is 1.87. The van der Waals surface area contributed by atoms with Gasteiger partial charge in [0.15, 0.2) is 5.52 Å². The van der Waals surface area contributed by atoms with E-state index in [9.17, 15) is 14.7 Å². The number of imidazole rings is 1. The number of rotatable bonds is 2. The second kappa shape index (κ2) is 4.30. The molecule has 2 aromatic heterocycles. The molecule has 4 N–H and O–H groups in total. The topological polar surface area (TPSA) is 133 Å². The van der Waals surface area contributed by atoms with Crippen LogP contribution in [0.1, 0.15) is 12.6 Å². The minimum atomic E-state index is -0.804. The molecular formula is C10H12N4O5. The Morgan fingerprint density at radius 1 is 1.47 bits per heavy atom. The van der Waals surface area contributed by atoms with Crippen molar-refractivity contribution in [1.29, 1.82) is 0 Å². The summed E-state index contributed by atoms with van der Waals surface area (Å²) in [7, 11) is 0. The van der Waals surface area contributed by atoms with Crippen molar-refractivity contribution in [3.05, 3.63) is 27.2 Å². The Balaban J connectivity index is 2.07. The molecular weight excluding hydrogens is 256 g/mol. The molecule has 1 aliphatic heterocycles. The highest BCUT2D eigenvalue weighted by Crippen LogP contribution is 2.29. The number of nitrogens with one attached hydrogen (secondary N) is 2. The number of aromatic nitrogens is 4. The van der Waals surface area contributed by atoms with Gasteiger partial charge in [-0.2, -0.15) is 0 Å². The lowest BCUT2D eigenvalue weighted by atomic mass is 10.2. The molecule has 3 rings (SSSR count). The summed E-state index contributed by atoms with van der Waals surface area (Å²) in [6, 6.07) is 0. The van der Waals surface area contributed by atoms with E-state index >= 15 is 0 Å². The molecule has 1 fully saturated rings. The smallest absolute Gasteiger partial charge is 0.327 e. The number of nitrogens with zero attached hydrogens (tertiary/aromatic N) is 2. The largest absolute Gasteiger partial charge is 0.394 e. The number of fused-ring (bicyclic) bond motifs is 1. The van der Waals surface area contributed by atoms with E-state index in [1.165, 1.54) is 10.9 Å². The van der Waals surface area contributed by atoms with Gasteiger partial charge in [-0.3, -0.25) is 19.3 Å². The lowest BCUT2D eigenvalue weighted by molar-refractivity contribution is -0.0432. The Morgan fingerprint density at radius 3 is 2.95 bits per heavy atom. The Labute approximate surface area is 105 Å². The number of hydrogen-bond donors (Lipinski definition) is 4. The van der Waals surface area contributed by atoms with Crippen molar-refractivity contribution in [2.75, 3.05) is 6.61 Å². The van der Waals surface area contributed by atoms with Crippen molar-refractivity contribution in [2.24, 2.45) is 0 Å². The minimum Gasteiger partial charge on any atom is -0.394 e. The van der Waals surface area contributed by atoms with Gasteiger partial charge in [0.1, 0.15) is 18.0 Å². The van der Waals surface area contributed by atoms with Crippen molar-refractivity contribution in [1.82, 2.24) is 19.5 Å². The van der Waals surface area contributed by atoms with Crippen LogP contribution in [0, 0.1) is 0 Å². The van der Waals surface area contributed by atoms with Gasteiger partial charge in [-0.25, -0.2) is 9.78 Å². The molecule has 0 unspecified atom stereocenters. The standard InChI is InChI=1S/C10H12N4O5/c15-2-5-4(16)1-6(19-5)14-3-11-7-8(14)12-10(18)13-9(7)17/h3-6,15-16H,1-2H2,(H2,12,13,17,18)/t4-,5+,6-/m1/s1. The summed E-state index contributed by atoms with van der Waals surface area (Å²) in [5.74, 6) is 0. The van der Waals surface area contributed by atoms with Crippen LogP contribution in [0.15, 0.2) is 15.9 Å². The van der Waals surface area contributed by atoms with Gasteiger partial charge in [0.05, 0.1) is 19.0 Å². The molecule has 0 amide bonds. The summed E-state index contributed by atoms with van der Waals surface area (Å²) < 4.78 is 6.91. The summed E-state index contributed by atoms with van der Waals surface area (Å²) in [6.07, 6.45) is -0.481. The van der Waals surface area contributed by atoms with E-state index in [-0.39, 0.29) is 24.2 Å². The highest BCUT2D eigenvalue weighted by Gasteiger charge is 2.35. The van der Waals surface area contributed by atoms with E-state index < -0.39 is 29.7 Å². The summed E-state index contributed by atoms with van der Waals surface area (Å²) in [5.41, 5.74) is -0.916. The number of aliphatic hydroxyl groups excluding tert-OH is 2. The van der Waals surface area contributed by atoms with Gasteiger partial charge in [0, 0.05) is 6.42 Å². The van der Waals surface area contributed by atoms with Crippen molar-refractivity contribution in [3.8, 4) is 0 Å². The first-order valence-electron chi connectivity index (χ1n) is 5.73. The fourth-order valence-electron chi connectivity index (χ4n) is 2.22. The van der Waals surface area contributed by atoms with Gasteiger partial charge in [-0.1, -0.05) is 0 Å². The van der Waals surface area contributed by atoms with Crippen LogP contribution in [0.4, 0.5) is 0 Å². The Kier molecular flexibility index (Phi) is 2.73. The maximum Gasteiger partial charge on any atom is 0.327 e. The van der Waals surface area contributed by atoms with E-state index in [2.05, 4.69) is 15.0 Å². The van der Waals surface area contributed by atoms with Gasteiger partial charge in [0.2, 0.25) is 0 Å². The summed E-state index contributed by atoms with van der Waals surface area (Å²) in [6.45, 7) is -0.304. The Hall–Kier alpha value is -1.97. The van der Waals surface area contributed by atoms with Gasteiger partial charge in [-0.05, 0) is 0 Å². The van der Waals surface area contributed by atoms with Crippen LogP contribution in [0.25, 0.3) is 11.2 Å². The molecule has 0 aromatic carbocycles. The van der Waals surface area contributed by atoms with E-state index in [1.807, 2.05) is 0 Å². The van der Waals surface area contributed by atoms with E-state index in [1.54, 1.807) is 0 Å². The molecule has 19 heavy (non-hydrogen) atoms. The lowest BCUT2D eigenvalue weighted by Gasteiger charge is -2.13. The number of aromatic amines is 2. The zero-order valence-corrected chi connectivity index (χ0v) is 9.74. The predicted octanol–water partition coefficient (Wildman–Crippen LogP) is -1.95. The molecule has 3 atom stereocenters. The minimum absolute atomic E-state index is 0.0881. The summed E-state index contributed by atoms with van der Waals surface area (Å²) in [4.78, 5) is 31.2. The number of aliphatic hydroxyl groups is 2. The van der Waals surface area contributed by atoms with Gasteiger partial charge in [0.25, 0.3) is 5.56 Å². The zero-order chi connectivity index (χ0) is 13.6. The molecule has 3 heterocycles. The number of hydrogen-bond acceptors (Lipinski definition) is 6. The molecule has 102 valence electrons.